The Balaban J connectivity index is 1.76. The van der Waals surface area contributed by atoms with Gasteiger partial charge >= 0.3 is 0 Å². The molecule has 0 spiro atoms. The molecule has 2 aliphatic rings. The fraction of sp³-hybridized carbons (Fsp3) is 1.00. The molecule has 0 aromatic rings. The van der Waals surface area contributed by atoms with E-state index in [0.29, 0.717) is 6.61 Å². The van der Waals surface area contributed by atoms with Gasteiger partial charge in [0.2, 0.25) is 0 Å². The summed E-state index contributed by atoms with van der Waals surface area (Å²) in [7, 11) is 0. The highest BCUT2D eigenvalue weighted by atomic mass is 16.3. The van der Waals surface area contributed by atoms with Gasteiger partial charge in [-0.05, 0) is 19.4 Å². The number of nitrogens with two attached hydrogens (primary N) is 1. The average molecular weight is 243 g/mol. The van der Waals surface area contributed by atoms with Gasteiger partial charge in [0.1, 0.15) is 0 Å². The van der Waals surface area contributed by atoms with Gasteiger partial charge in [-0.3, -0.25) is 19.6 Å². The first-order valence-corrected chi connectivity index (χ1v) is 6.52. The summed E-state index contributed by atoms with van der Waals surface area (Å²) in [5.41, 5.74) is 5.55. The fourth-order valence-electron chi connectivity index (χ4n) is 2.66. The molecule has 0 amide bonds. The molecule has 2 rings (SSSR count). The van der Waals surface area contributed by atoms with Gasteiger partial charge in [0.25, 0.3) is 0 Å². The van der Waals surface area contributed by atoms with Crippen LogP contribution in [0.5, 0.6) is 0 Å². The predicted octanol–water partition coefficient (Wildman–Crippen LogP) is -1.26. The van der Waals surface area contributed by atoms with Crippen molar-refractivity contribution in [1.29, 1.82) is 0 Å². The van der Waals surface area contributed by atoms with Crippen LogP contribution in [0.2, 0.25) is 0 Å². The largest absolute Gasteiger partial charge is 0.396 e. The standard InChI is InChI=1S/C11H25N5O/c12-3-1-4-13-7-15-9-14(5-2-6-17)10-16(8-13)11-15/h17H,1-12H2. The van der Waals surface area contributed by atoms with Gasteiger partial charge in [-0.15, -0.1) is 0 Å². The summed E-state index contributed by atoms with van der Waals surface area (Å²) in [4.78, 5) is 9.75. The third-order valence-electron chi connectivity index (χ3n) is 3.31. The maximum atomic E-state index is 8.87. The molecule has 0 aliphatic carbocycles. The first kappa shape index (κ1) is 13.2. The van der Waals surface area contributed by atoms with E-state index in [1.165, 1.54) is 0 Å². The van der Waals surface area contributed by atoms with Gasteiger partial charge in [0.05, 0.1) is 33.3 Å². The Kier molecular flexibility index (Phi) is 5.15. The minimum atomic E-state index is 0.291. The fourth-order valence-corrected chi connectivity index (χ4v) is 2.66. The van der Waals surface area contributed by atoms with Crippen molar-refractivity contribution in [3.63, 3.8) is 0 Å². The second kappa shape index (κ2) is 6.63. The number of aliphatic hydroxyl groups is 1. The zero-order valence-electron chi connectivity index (χ0n) is 10.6. The second-order valence-corrected chi connectivity index (χ2v) is 5.06. The summed E-state index contributed by atoms with van der Waals surface area (Å²) in [6.07, 6.45) is 1.95. The highest BCUT2D eigenvalue weighted by Gasteiger charge is 2.29. The van der Waals surface area contributed by atoms with Crippen molar-refractivity contribution in [3.8, 4) is 0 Å². The van der Waals surface area contributed by atoms with E-state index in [0.717, 1.165) is 65.8 Å². The maximum Gasteiger partial charge on any atom is 0.0555 e. The molecule has 2 aliphatic heterocycles. The predicted molar refractivity (Wildman–Crippen MR) is 66.8 cm³/mol. The molecular weight excluding hydrogens is 218 g/mol. The third kappa shape index (κ3) is 3.87. The van der Waals surface area contributed by atoms with Crippen molar-refractivity contribution in [1.82, 2.24) is 19.6 Å². The van der Waals surface area contributed by atoms with Crippen LogP contribution in [-0.2, 0) is 0 Å². The van der Waals surface area contributed by atoms with E-state index in [1.807, 2.05) is 0 Å². The van der Waals surface area contributed by atoms with Crippen molar-refractivity contribution >= 4 is 0 Å². The lowest BCUT2D eigenvalue weighted by Crippen LogP contribution is -2.64. The zero-order valence-corrected chi connectivity index (χ0v) is 10.6. The van der Waals surface area contributed by atoms with Gasteiger partial charge in [-0.1, -0.05) is 0 Å². The smallest absolute Gasteiger partial charge is 0.0555 e. The van der Waals surface area contributed by atoms with Gasteiger partial charge in [0, 0.05) is 19.7 Å². The summed E-state index contributed by atoms with van der Waals surface area (Å²) in [5.74, 6) is 0. The van der Waals surface area contributed by atoms with Crippen LogP contribution in [0.3, 0.4) is 0 Å². The molecule has 3 N–H and O–H groups in total. The van der Waals surface area contributed by atoms with Crippen LogP contribution in [0.25, 0.3) is 0 Å². The lowest BCUT2D eigenvalue weighted by Gasteiger charge is -2.49. The van der Waals surface area contributed by atoms with Crippen LogP contribution < -0.4 is 5.73 Å². The van der Waals surface area contributed by atoms with E-state index in [1.54, 1.807) is 0 Å². The molecule has 0 saturated carbocycles. The van der Waals surface area contributed by atoms with Crippen LogP contribution in [0, 0.1) is 0 Å². The first-order chi connectivity index (χ1) is 8.31. The Labute approximate surface area is 104 Å². The van der Waals surface area contributed by atoms with Crippen LogP contribution in [0.1, 0.15) is 12.8 Å². The number of hydrogen-bond donors (Lipinski definition) is 2. The van der Waals surface area contributed by atoms with Gasteiger partial charge in [-0.25, -0.2) is 0 Å². The van der Waals surface area contributed by atoms with Crippen molar-refractivity contribution in [2.75, 3.05) is 59.6 Å². The molecule has 2 heterocycles. The van der Waals surface area contributed by atoms with Crippen LogP contribution >= 0.6 is 0 Å². The Morgan fingerprint density at radius 1 is 0.824 bits per heavy atom. The summed E-state index contributed by atoms with van der Waals surface area (Å²) in [6, 6.07) is 0. The summed E-state index contributed by atoms with van der Waals surface area (Å²) < 4.78 is 0. The molecule has 6 nitrogen and oxygen atoms in total. The monoisotopic (exact) mass is 243 g/mol. The molecular formula is C11H25N5O. The highest BCUT2D eigenvalue weighted by molar-refractivity contribution is 4.75. The van der Waals surface area contributed by atoms with Gasteiger partial charge in [-0.2, -0.15) is 0 Å². The lowest BCUT2D eigenvalue weighted by molar-refractivity contribution is -0.121. The quantitative estimate of drug-likeness (QED) is 0.607. The third-order valence-corrected chi connectivity index (χ3v) is 3.31. The number of aliphatic hydroxyl groups excluding tert-OH is 1. The molecule has 2 unspecified atom stereocenters. The van der Waals surface area contributed by atoms with E-state index in [4.69, 9.17) is 10.8 Å². The first-order valence-electron chi connectivity index (χ1n) is 6.52. The minimum absolute atomic E-state index is 0.291. The van der Waals surface area contributed by atoms with Crippen LogP contribution in [0.15, 0.2) is 0 Å². The minimum Gasteiger partial charge on any atom is -0.396 e. The maximum absolute atomic E-state index is 8.87. The molecule has 17 heavy (non-hydrogen) atoms. The average Bonchev–Trinajstić information content (AvgIpc) is 2.33. The van der Waals surface area contributed by atoms with Gasteiger partial charge in [0.15, 0.2) is 0 Å². The Hall–Kier alpha value is -0.240. The van der Waals surface area contributed by atoms with Crippen molar-refractivity contribution in [3.05, 3.63) is 0 Å². The van der Waals surface area contributed by atoms with Crippen LogP contribution in [0.4, 0.5) is 0 Å². The van der Waals surface area contributed by atoms with Gasteiger partial charge < -0.3 is 10.8 Å². The topological polar surface area (TPSA) is 59.2 Å². The molecule has 0 aromatic carbocycles. The molecule has 0 aromatic heterocycles. The van der Waals surface area contributed by atoms with Crippen LogP contribution in [-0.4, -0.2) is 84.3 Å². The molecule has 2 bridgehead atoms. The van der Waals surface area contributed by atoms with E-state index in [2.05, 4.69) is 19.6 Å². The summed E-state index contributed by atoms with van der Waals surface area (Å²) in [6.45, 7) is 8.38. The zero-order chi connectivity index (χ0) is 12.1. The normalized spacial score (nSPS) is 30.7. The van der Waals surface area contributed by atoms with E-state index in [9.17, 15) is 0 Å². The highest BCUT2D eigenvalue weighted by Crippen LogP contribution is 2.14. The van der Waals surface area contributed by atoms with E-state index in [-0.39, 0.29) is 0 Å². The van der Waals surface area contributed by atoms with Crippen molar-refractivity contribution in [2.45, 2.75) is 12.8 Å². The van der Waals surface area contributed by atoms with Crippen molar-refractivity contribution in [2.24, 2.45) is 5.73 Å². The molecule has 2 atom stereocenters. The second-order valence-electron chi connectivity index (χ2n) is 5.06. The summed E-state index contributed by atoms with van der Waals surface area (Å²) in [5, 5.41) is 8.87. The molecule has 100 valence electrons. The van der Waals surface area contributed by atoms with Crippen molar-refractivity contribution < 1.29 is 5.11 Å². The molecule has 2 fully saturated rings. The number of rotatable bonds is 6. The Morgan fingerprint density at radius 2 is 1.35 bits per heavy atom. The summed E-state index contributed by atoms with van der Waals surface area (Å²) >= 11 is 0. The molecule has 0 radical (unpaired) electrons. The Morgan fingerprint density at radius 3 is 1.82 bits per heavy atom. The SMILES string of the molecule is NCCCN1CN2CN(CCCO)CN(C1)C2. The van der Waals surface area contributed by atoms with E-state index >= 15 is 0 Å². The number of nitrogens with zero attached hydrogens (tertiary/aromatic N) is 4. The Bertz CT molecular complexity index is 194. The number of hydrogen-bond acceptors (Lipinski definition) is 6. The lowest BCUT2D eigenvalue weighted by atomic mass is 10.3. The van der Waals surface area contributed by atoms with E-state index < -0.39 is 0 Å². The molecule has 2 saturated heterocycles. The number of fused-ring (bicyclic) bond motifs is 2. The molecule has 6 heteroatoms.